The lowest BCUT2D eigenvalue weighted by Gasteiger charge is -2.08. The van der Waals surface area contributed by atoms with Gasteiger partial charge in [-0.25, -0.2) is 17.2 Å². The van der Waals surface area contributed by atoms with Gasteiger partial charge in [-0.1, -0.05) is 25.4 Å². The van der Waals surface area contributed by atoms with Crippen molar-refractivity contribution >= 4 is 33.0 Å². The van der Waals surface area contributed by atoms with Crippen molar-refractivity contribution in [2.75, 3.05) is 11.1 Å². The van der Waals surface area contributed by atoms with Crippen molar-refractivity contribution in [2.24, 2.45) is 13.0 Å². The first-order valence-corrected chi connectivity index (χ1v) is 9.40. The van der Waals surface area contributed by atoms with E-state index in [0.717, 1.165) is 12.1 Å². The van der Waals surface area contributed by atoms with Crippen molar-refractivity contribution in [1.29, 1.82) is 0 Å². The molecule has 1 heterocycles. The van der Waals surface area contributed by atoms with Gasteiger partial charge < -0.3 is 9.88 Å². The molecular weight excluding hydrogens is 374 g/mol. The highest BCUT2D eigenvalue weighted by Crippen LogP contribution is 2.26. The van der Waals surface area contributed by atoms with E-state index < -0.39 is 32.4 Å². The van der Waals surface area contributed by atoms with Gasteiger partial charge in [0.05, 0.1) is 16.3 Å². The summed E-state index contributed by atoms with van der Waals surface area (Å²) >= 11 is 5.47. The Morgan fingerprint density at radius 1 is 1.32 bits per heavy atom. The van der Waals surface area contributed by atoms with Crippen LogP contribution in [0.3, 0.4) is 0 Å². The Labute approximate surface area is 149 Å². The van der Waals surface area contributed by atoms with E-state index in [1.807, 2.05) is 0 Å². The van der Waals surface area contributed by atoms with E-state index in [-0.39, 0.29) is 27.9 Å². The van der Waals surface area contributed by atoms with Gasteiger partial charge >= 0.3 is 0 Å². The zero-order valence-corrected chi connectivity index (χ0v) is 15.4. The summed E-state index contributed by atoms with van der Waals surface area (Å²) in [5.41, 5.74) is -0.286. The number of hydrogen-bond acceptors (Lipinski definition) is 3. The number of halogens is 3. The number of carbonyl (C=O) groups is 1. The fourth-order valence-corrected chi connectivity index (χ4v) is 4.12. The lowest BCUT2D eigenvalue weighted by Crippen LogP contribution is -2.16. The van der Waals surface area contributed by atoms with Crippen LogP contribution < -0.4 is 5.32 Å². The summed E-state index contributed by atoms with van der Waals surface area (Å²) in [5.74, 6) is -2.91. The lowest BCUT2D eigenvalue weighted by molar-refractivity contribution is 0.101. The molecule has 25 heavy (non-hydrogen) atoms. The minimum Gasteiger partial charge on any atom is -0.345 e. The molecule has 0 spiro atoms. The van der Waals surface area contributed by atoms with Crippen LogP contribution in [0.15, 0.2) is 29.3 Å². The van der Waals surface area contributed by atoms with Gasteiger partial charge in [-0.2, -0.15) is 0 Å². The lowest BCUT2D eigenvalue weighted by atomic mass is 10.2. The number of nitrogens with zero attached hydrogens (tertiary/aromatic N) is 1. The highest BCUT2D eigenvalue weighted by atomic mass is 35.5. The quantitative estimate of drug-likeness (QED) is 0.792. The average molecular weight is 391 g/mol. The van der Waals surface area contributed by atoms with E-state index in [0.29, 0.717) is 0 Å². The van der Waals surface area contributed by atoms with Crippen molar-refractivity contribution in [2.45, 2.75) is 18.7 Å². The molecule has 0 aliphatic heterocycles. The maximum absolute atomic E-state index is 13.9. The number of aryl methyl sites for hydroxylation is 1. The molecule has 9 heteroatoms. The highest BCUT2D eigenvalue weighted by molar-refractivity contribution is 7.91. The monoisotopic (exact) mass is 390 g/mol. The van der Waals surface area contributed by atoms with E-state index in [9.17, 15) is 22.0 Å². The SMILES string of the molecule is CC(C)CS(=O)(=O)c1cc(C(=O)Nc2ccc(F)c(Cl)c2F)n(C)c1. The maximum Gasteiger partial charge on any atom is 0.272 e. The zero-order chi connectivity index (χ0) is 18.9. The number of nitrogens with one attached hydrogen (secondary N) is 1. The van der Waals surface area contributed by atoms with Gasteiger partial charge in [0.15, 0.2) is 15.7 Å². The first-order valence-electron chi connectivity index (χ1n) is 7.37. The molecule has 1 N–H and O–H groups in total. The van der Waals surface area contributed by atoms with Gasteiger partial charge in [-0.05, 0) is 24.1 Å². The van der Waals surface area contributed by atoms with Crippen LogP contribution in [0.4, 0.5) is 14.5 Å². The summed E-state index contributed by atoms with van der Waals surface area (Å²) in [6, 6.07) is 3.18. The molecule has 136 valence electrons. The number of benzene rings is 1. The molecule has 0 saturated carbocycles. The second-order valence-electron chi connectivity index (χ2n) is 6.02. The maximum atomic E-state index is 13.9. The van der Waals surface area contributed by atoms with Crippen LogP contribution in [0.2, 0.25) is 5.02 Å². The van der Waals surface area contributed by atoms with Crippen LogP contribution in [0.25, 0.3) is 0 Å². The summed E-state index contributed by atoms with van der Waals surface area (Å²) in [5, 5.41) is 1.53. The van der Waals surface area contributed by atoms with Crippen molar-refractivity contribution in [3.8, 4) is 0 Å². The smallest absolute Gasteiger partial charge is 0.272 e. The summed E-state index contributed by atoms with van der Waals surface area (Å²) < 4.78 is 52.9. The number of aromatic nitrogens is 1. The number of hydrogen-bond donors (Lipinski definition) is 1. The molecule has 0 aliphatic carbocycles. The first kappa shape index (κ1) is 19.4. The normalized spacial score (nSPS) is 11.8. The third-order valence-corrected chi connectivity index (χ3v) is 5.80. The van der Waals surface area contributed by atoms with Crippen LogP contribution in [0.5, 0.6) is 0 Å². The fraction of sp³-hybridized carbons (Fsp3) is 0.312. The Hall–Kier alpha value is -1.93. The molecule has 2 rings (SSSR count). The minimum absolute atomic E-state index is 0.00598. The Morgan fingerprint density at radius 3 is 2.56 bits per heavy atom. The standard InChI is InChI=1S/C16H17ClF2N2O3S/c1-9(2)8-25(23,24)10-6-13(21(3)7-10)16(22)20-12-5-4-11(18)14(17)15(12)19/h4-7,9H,8H2,1-3H3,(H,20,22). The minimum atomic E-state index is -3.53. The molecule has 5 nitrogen and oxygen atoms in total. The third kappa shape index (κ3) is 4.19. The second-order valence-corrected chi connectivity index (χ2v) is 8.44. The zero-order valence-electron chi connectivity index (χ0n) is 13.8. The van der Waals surface area contributed by atoms with Crippen molar-refractivity contribution in [1.82, 2.24) is 4.57 Å². The Morgan fingerprint density at radius 2 is 1.96 bits per heavy atom. The summed E-state index contributed by atoms with van der Waals surface area (Å²) in [6.07, 6.45) is 1.32. The topological polar surface area (TPSA) is 68.2 Å². The predicted octanol–water partition coefficient (Wildman–Crippen LogP) is 3.64. The van der Waals surface area contributed by atoms with Crippen LogP contribution in [-0.2, 0) is 16.9 Å². The van der Waals surface area contributed by atoms with Crippen LogP contribution in [0.1, 0.15) is 24.3 Å². The largest absolute Gasteiger partial charge is 0.345 e. The Kier molecular flexibility index (Phi) is 5.53. The number of sulfone groups is 1. The molecule has 0 unspecified atom stereocenters. The molecule has 0 saturated heterocycles. The van der Waals surface area contributed by atoms with Gasteiger partial charge in [0.1, 0.15) is 16.5 Å². The predicted molar refractivity (Wildman–Crippen MR) is 91.6 cm³/mol. The van der Waals surface area contributed by atoms with Gasteiger partial charge in [0.2, 0.25) is 0 Å². The van der Waals surface area contributed by atoms with Crippen molar-refractivity contribution in [3.05, 3.63) is 46.7 Å². The van der Waals surface area contributed by atoms with Crippen LogP contribution >= 0.6 is 11.6 Å². The van der Waals surface area contributed by atoms with Crippen LogP contribution in [0, 0.1) is 17.6 Å². The molecule has 0 atom stereocenters. The molecular formula is C16H17ClF2N2O3S. The highest BCUT2D eigenvalue weighted by Gasteiger charge is 2.22. The molecule has 1 amide bonds. The van der Waals surface area contributed by atoms with Crippen molar-refractivity contribution < 1.29 is 22.0 Å². The number of amides is 1. The first-order chi connectivity index (χ1) is 11.5. The number of anilines is 1. The molecule has 0 radical (unpaired) electrons. The molecule has 0 bridgehead atoms. The average Bonchev–Trinajstić information content (AvgIpc) is 2.89. The van der Waals surface area contributed by atoms with E-state index in [1.165, 1.54) is 23.9 Å². The molecule has 2 aromatic rings. The Balaban J connectivity index is 2.31. The molecule has 0 fully saturated rings. The van der Waals surface area contributed by atoms with E-state index in [4.69, 9.17) is 11.6 Å². The number of carbonyl (C=O) groups excluding carboxylic acids is 1. The van der Waals surface area contributed by atoms with Gasteiger partial charge in [-0.3, -0.25) is 4.79 Å². The molecule has 0 aliphatic rings. The van der Waals surface area contributed by atoms with Gasteiger partial charge in [-0.15, -0.1) is 0 Å². The second kappa shape index (κ2) is 7.13. The molecule has 1 aromatic heterocycles. The summed E-state index contributed by atoms with van der Waals surface area (Å²) in [6.45, 7) is 3.55. The summed E-state index contributed by atoms with van der Waals surface area (Å²) in [4.78, 5) is 12.3. The van der Waals surface area contributed by atoms with E-state index in [2.05, 4.69) is 5.32 Å². The van der Waals surface area contributed by atoms with E-state index >= 15 is 0 Å². The molecule has 1 aromatic carbocycles. The summed E-state index contributed by atoms with van der Waals surface area (Å²) in [7, 11) is -2.04. The van der Waals surface area contributed by atoms with Gasteiger partial charge in [0.25, 0.3) is 5.91 Å². The van der Waals surface area contributed by atoms with Crippen LogP contribution in [-0.4, -0.2) is 24.6 Å². The third-order valence-electron chi connectivity index (χ3n) is 3.41. The fourth-order valence-electron chi connectivity index (χ4n) is 2.27. The van der Waals surface area contributed by atoms with Gasteiger partial charge in [0, 0.05) is 13.2 Å². The Bertz CT molecular complexity index is 924. The van der Waals surface area contributed by atoms with Crippen molar-refractivity contribution in [3.63, 3.8) is 0 Å². The van der Waals surface area contributed by atoms with E-state index in [1.54, 1.807) is 13.8 Å². The number of rotatable bonds is 5.